The summed E-state index contributed by atoms with van der Waals surface area (Å²) in [5, 5.41) is 16.8. The Labute approximate surface area is 331 Å². The lowest BCUT2D eigenvalue weighted by atomic mass is 9.58. The Kier molecular flexibility index (Phi) is 10.3. The highest BCUT2D eigenvalue weighted by atomic mass is 79.9. The predicted molar refractivity (Wildman–Crippen MR) is 213 cm³/mol. The second-order valence-electron chi connectivity index (χ2n) is 16.6. The Morgan fingerprint density at radius 3 is 2.16 bits per heavy atom. The van der Waals surface area contributed by atoms with E-state index < -0.39 is 60.0 Å². The minimum Gasteiger partial charge on any atom is -0.508 e. The van der Waals surface area contributed by atoms with E-state index in [0.29, 0.717) is 22.2 Å². The Morgan fingerprint density at radius 2 is 1.60 bits per heavy atom. The van der Waals surface area contributed by atoms with Gasteiger partial charge in [-0.05, 0) is 89.6 Å². The summed E-state index contributed by atoms with van der Waals surface area (Å²) >= 11 is 3.58. The van der Waals surface area contributed by atoms with Gasteiger partial charge >= 0.3 is 0 Å². The molecule has 0 aliphatic heterocycles. The van der Waals surface area contributed by atoms with Crippen LogP contribution in [0.1, 0.15) is 88.9 Å². The minimum atomic E-state index is -2.92. The van der Waals surface area contributed by atoms with Crippen molar-refractivity contribution in [2.24, 2.45) is 11.8 Å². The van der Waals surface area contributed by atoms with Crippen molar-refractivity contribution in [1.29, 1.82) is 0 Å². The van der Waals surface area contributed by atoms with E-state index in [4.69, 9.17) is 18.4 Å². The zero-order valence-corrected chi connectivity index (χ0v) is 35.2. The molecule has 1 N–H and O–H groups in total. The fourth-order valence-corrected chi connectivity index (χ4v) is 10.5. The number of nitrogens with zero attached hydrogens (tertiary/aromatic N) is 2. The van der Waals surface area contributed by atoms with Crippen molar-refractivity contribution in [3.63, 3.8) is 0 Å². The lowest BCUT2D eigenvalue weighted by molar-refractivity contribution is -0.0481. The van der Waals surface area contributed by atoms with Gasteiger partial charge in [0.05, 0.1) is 16.1 Å². The third-order valence-electron chi connectivity index (χ3n) is 12.0. The van der Waals surface area contributed by atoms with E-state index in [1.807, 2.05) is 99.7 Å². The first kappa shape index (κ1) is 39.1. The molecule has 3 aliphatic rings. The van der Waals surface area contributed by atoms with E-state index >= 15 is 14.0 Å². The first-order valence-electron chi connectivity index (χ1n) is 18.8. The standard InChI is InChI=1S/C43H48BrFN2O7Si/c1-9-27-33(44)37(51-22-24-16-12-10-13-17-24)31-28(34(27)45)20-26-21-29-35(47(5)6)38-32(41(46-53-38)52-23-25-18-14-11-15-19-25)40(50)43(29,39(49)30(26)36(31)48)54-55(7,8)42(2,3)4/h10-19,26,29,35,49H,9,20-23H2,1-8H3/t26-,29-,35-,43-/m0/s1. The summed E-state index contributed by atoms with van der Waals surface area (Å²) in [5.41, 5.74) is 0.550. The summed E-state index contributed by atoms with van der Waals surface area (Å²) in [7, 11) is 0.819. The Bertz CT molecular complexity index is 2180. The van der Waals surface area contributed by atoms with Crippen molar-refractivity contribution < 1.29 is 37.5 Å². The summed E-state index contributed by atoms with van der Waals surface area (Å²) in [6.07, 6.45) is 0.704. The number of carbonyl (C=O) groups is 2. The molecule has 0 unspecified atom stereocenters. The molecule has 1 aromatic heterocycles. The number of rotatable bonds is 10. The number of benzene rings is 3. The van der Waals surface area contributed by atoms with Crippen molar-refractivity contribution in [2.45, 2.75) is 89.9 Å². The molecule has 0 amide bonds. The molecule has 0 radical (unpaired) electrons. The molecule has 0 saturated carbocycles. The van der Waals surface area contributed by atoms with Crippen LogP contribution in [0.15, 0.2) is 81.0 Å². The summed E-state index contributed by atoms with van der Waals surface area (Å²) in [4.78, 5) is 32.5. The molecule has 3 aliphatic carbocycles. The van der Waals surface area contributed by atoms with Crippen molar-refractivity contribution in [3.05, 3.63) is 121 Å². The number of hydrogen-bond acceptors (Lipinski definition) is 9. The highest BCUT2D eigenvalue weighted by Crippen LogP contribution is 2.60. The smallest absolute Gasteiger partial charge is 0.265 e. The van der Waals surface area contributed by atoms with Gasteiger partial charge < -0.3 is 23.5 Å². The van der Waals surface area contributed by atoms with E-state index in [-0.39, 0.29) is 59.9 Å². The highest BCUT2D eigenvalue weighted by Gasteiger charge is 2.67. The van der Waals surface area contributed by atoms with Gasteiger partial charge in [0.15, 0.2) is 25.5 Å². The molecular weight excluding hydrogens is 783 g/mol. The number of allylic oxidation sites excluding steroid dienone is 1. The third kappa shape index (κ3) is 6.38. The molecule has 0 spiro atoms. The van der Waals surface area contributed by atoms with Crippen LogP contribution in [0.25, 0.3) is 0 Å². The van der Waals surface area contributed by atoms with Crippen molar-refractivity contribution >= 4 is 35.8 Å². The molecule has 0 fully saturated rings. The van der Waals surface area contributed by atoms with Gasteiger partial charge in [0.2, 0.25) is 5.78 Å². The van der Waals surface area contributed by atoms with Crippen LogP contribution >= 0.6 is 15.9 Å². The number of aliphatic hydroxyl groups is 1. The van der Waals surface area contributed by atoms with Crippen LogP contribution < -0.4 is 9.47 Å². The quantitative estimate of drug-likeness (QED) is 0.156. The Balaban J connectivity index is 1.43. The normalized spacial score (nSPS) is 22.3. The van der Waals surface area contributed by atoms with Gasteiger partial charge in [-0.1, -0.05) is 88.4 Å². The molecule has 4 aromatic rings. The molecule has 0 bridgehead atoms. The maximum Gasteiger partial charge on any atom is 0.265 e. The van der Waals surface area contributed by atoms with Gasteiger partial charge in [-0.2, -0.15) is 0 Å². The summed E-state index contributed by atoms with van der Waals surface area (Å²) in [5.74, 6) is -2.94. The molecule has 0 saturated heterocycles. The minimum absolute atomic E-state index is 0.0118. The van der Waals surface area contributed by atoms with Crippen LogP contribution in [-0.2, 0) is 30.5 Å². The van der Waals surface area contributed by atoms with Crippen LogP contribution in [0, 0.1) is 17.7 Å². The Hall–Kier alpha value is -4.10. The number of fused-ring (bicyclic) bond motifs is 4. The molecule has 9 nitrogen and oxygen atoms in total. The molecule has 4 atom stereocenters. The number of ketones is 2. The van der Waals surface area contributed by atoms with E-state index in [0.717, 1.165) is 11.1 Å². The molecule has 1 heterocycles. The predicted octanol–water partition coefficient (Wildman–Crippen LogP) is 9.74. The van der Waals surface area contributed by atoms with Gasteiger partial charge in [-0.3, -0.25) is 14.5 Å². The van der Waals surface area contributed by atoms with E-state index in [1.54, 1.807) is 0 Å². The summed E-state index contributed by atoms with van der Waals surface area (Å²) < 4.78 is 42.7. The van der Waals surface area contributed by atoms with Crippen molar-refractivity contribution in [3.8, 4) is 11.6 Å². The topological polar surface area (TPSA) is 111 Å². The molecular formula is C43H48BrFN2O7Si. The number of aromatic nitrogens is 1. The second-order valence-corrected chi connectivity index (χ2v) is 22.1. The maximum absolute atomic E-state index is 16.6. The SMILES string of the molecule is CCc1c(F)c2c(c(OCc3ccccc3)c1Br)C(=O)C1=C(O)[C@]3(O[Si](C)(C)C(C)(C)C)C(=O)c4c(OCc5ccccc5)noc4[C@@H](N(C)C)[C@@H]3C[C@@H]1C2. The first-order chi connectivity index (χ1) is 26.0. The van der Waals surface area contributed by atoms with Gasteiger partial charge in [-0.15, -0.1) is 0 Å². The van der Waals surface area contributed by atoms with E-state index in [9.17, 15) is 5.11 Å². The zero-order chi connectivity index (χ0) is 39.6. The van der Waals surface area contributed by atoms with E-state index in [1.165, 1.54) is 0 Å². The molecule has 12 heteroatoms. The van der Waals surface area contributed by atoms with Crippen molar-refractivity contribution in [1.82, 2.24) is 10.1 Å². The van der Waals surface area contributed by atoms with Gasteiger partial charge in [0.1, 0.15) is 36.1 Å². The van der Waals surface area contributed by atoms with Crippen molar-refractivity contribution in [2.75, 3.05) is 14.1 Å². The summed E-state index contributed by atoms with van der Waals surface area (Å²) in [6.45, 7) is 12.3. The van der Waals surface area contributed by atoms with Gasteiger partial charge in [0, 0.05) is 22.6 Å². The summed E-state index contributed by atoms with van der Waals surface area (Å²) in [6, 6.07) is 18.4. The first-order valence-corrected chi connectivity index (χ1v) is 22.5. The lowest BCUT2D eigenvalue weighted by Crippen LogP contribution is -2.65. The maximum atomic E-state index is 16.6. The van der Waals surface area contributed by atoms with Crippen LogP contribution in [0.3, 0.4) is 0 Å². The fraction of sp³-hybridized carbons (Fsp3) is 0.419. The average Bonchev–Trinajstić information content (AvgIpc) is 3.56. The van der Waals surface area contributed by atoms with Crippen LogP contribution in [0.2, 0.25) is 18.1 Å². The second kappa shape index (κ2) is 14.4. The van der Waals surface area contributed by atoms with Crippen LogP contribution in [-0.4, -0.2) is 54.7 Å². The monoisotopic (exact) mass is 830 g/mol. The number of Topliss-reactive ketones (excluding diaryl/α,β-unsaturated/α-hetero) is 2. The largest absolute Gasteiger partial charge is 0.508 e. The van der Waals surface area contributed by atoms with Gasteiger partial charge in [0.25, 0.3) is 5.88 Å². The number of ether oxygens (including phenoxy) is 2. The molecule has 7 rings (SSSR count). The van der Waals surface area contributed by atoms with Crippen LogP contribution in [0.5, 0.6) is 11.6 Å². The van der Waals surface area contributed by atoms with Gasteiger partial charge in [-0.25, -0.2) is 4.39 Å². The van der Waals surface area contributed by atoms with Crippen LogP contribution in [0.4, 0.5) is 4.39 Å². The molecule has 290 valence electrons. The number of carbonyl (C=O) groups excluding carboxylic acids is 2. The lowest BCUT2D eigenvalue weighted by Gasteiger charge is -2.55. The number of halogens is 2. The fourth-order valence-electron chi connectivity index (χ4n) is 8.24. The van der Waals surface area contributed by atoms with E-state index in [2.05, 4.69) is 41.9 Å². The zero-order valence-electron chi connectivity index (χ0n) is 32.6. The number of aliphatic hydroxyl groups excluding tert-OH is 1. The Morgan fingerprint density at radius 1 is 1.00 bits per heavy atom. The highest BCUT2D eigenvalue weighted by molar-refractivity contribution is 9.10. The number of hydrogen-bond donors (Lipinski definition) is 1. The molecule has 55 heavy (non-hydrogen) atoms. The average molecular weight is 832 g/mol. The third-order valence-corrected chi connectivity index (χ3v) is 17.3. The molecule has 3 aromatic carbocycles.